The van der Waals surface area contributed by atoms with Crippen LogP contribution in [0.25, 0.3) is 33.8 Å². The summed E-state index contributed by atoms with van der Waals surface area (Å²) in [6.07, 6.45) is 1.68. The van der Waals surface area contributed by atoms with E-state index in [0.29, 0.717) is 28.3 Å². The molecule has 3 aromatic heterocycles. The number of fused-ring (bicyclic) bond motifs is 1. The van der Waals surface area contributed by atoms with E-state index in [4.69, 9.17) is 5.73 Å². The smallest absolute Gasteiger partial charge is 0.248 e. The Labute approximate surface area is 142 Å². The lowest BCUT2D eigenvalue weighted by molar-refractivity contribution is 0.100. The Morgan fingerprint density at radius 2 is 2.04 bits per heavy atom. The second kappa shape index (κ2) is 5.55. The molecule has 1 aromatic carbocycles. The highest BCUT2D eigenvalue weighted by Gasteiger charge is 2.16. The minimum Gasteiger partial charge on any atom is -0.366 e. The van der Waals surface area contributed by atoms with E-state index in [1.54, 1.807) is 18.3 Å². The van der Waals surface area contributed by atoms with Gasteiger partial charge in [0, 0.05) is 23.1 Å². The SMILES string of the molecule is CCn1nc(C)cc1-c1nnc(-c2cc(C(N)=O)cc3[nH]ncc23)[nH]1. The van der Waals surface area contributed by atoms with E-state index in [0.717, 1.165) is 23.3 Å². The molecule has 0 aliphatic rings. The molecular weight excluding hydrogens is 320 g/mol. The second-order valence-corrected chi connectivity index (χ2v) is 5.73. The van der Waals surface area contributed by atoms with Crippen LogP contribution in [0.15, 0.2) is 24.4 Å². The summed E-state index contributed by atoms with van der Waals surface area (Å²) < 4.78 is 1.85. The van der Waals surface area contributed by atoms with Gasteiger partial charge in [0.2, 0.25) is 5.91 Å². The van der Waals surface area contributed by atoms with Crippen molar-refractivity contribution in [2.75, 3.05) is 0 Å². The van der Waals surface area contributed by atoms with Gasteiger partial charge in [-0.1, -0.05) is 0 Å². The minimum atomic E-state index is -0.517. The maximum atomic E-state index is 11.6. The number of carbonyl (C=O) groups is 1. The lowest BCUT2D eigenvalue weighted by atomic mass is 10.1. The third kappa shape index (κ3) is 2.45. The van der Waals surface area contributed by atoms with Crippen molar-refractivity contribution in [1.82, 2.24) is 35.2 Å². The monoisotopic (exact) mass is 336 g/mol. The van der Waals surface area contributed by atoms with Crippen LogP contribution in [0.5, 0.6) is 0 Å². The van der Waals surface area contributed by atoms with Gasteiger partial charge in [-0.15, -0.1) is 10.2 Å². The zero-order valence-electron chi connectivity index (χ0n) is 13.7. The summed E-state index contributed by atoms with van der Waals surface area (Å²) in [5, 5.41) is 20.6. The van der Waals surface area contributed by atoms with Crippen LogP contribution in [-0.2, 0) is 6.54 Å². The number of nitrogens with two attached hydrogens (primary N) is 1. The molecule has 0 fully saturated rings. The van der Waals surface area contributed by atoms with E-state index in [-0.39, 0.29) is 0 Å². The van der Waals surface area contributed by atoms with Gasteiger partial charge in [0.1, 0.15) is 5.69 Å². The molecule has 1 amide bonds. The Morgan fingerprint density at radius 3 is 2.80 bits per heavy atom. The predicted molar refractivity (Wildman–Crippen MR) is 91.6 cm³/mol. The third-order valence-electron chi connectivity index (χ3n) is 4.03. The van der Waals surface area contributed by atoms with Crippen molar-refractivity contribution in [1.29, 1.82) is 0 Å². The Hall–Kier alpha value is -3.49. The molecule has 0 aliphatic heterocycles. The van der Waals surface area contributed by atoms with Crippen molar-refractivity contribution in [2.45, 2.75) is 20.4 Å². The first-order valence-electron chi connectivity index (χ1n) is 7.81. The average molecular weight is 336 g/mol. The van der Waals surface area contributed by atoms with Crippen LogP contribution >= 0.6 is 0 Å². The number of carbonyl (C=O) groups excluding carboxylic acids is 1. The molecule has 0 spiro atoms. The number of aromatic nitrogens is 7. The largest absolute Gasteiger partial charge is 0.366 e. The average Bonchev–Trinajstić information content (AvgIpc) is 3.32. The quantitative estimate of drug-likeness (QED) is 0.521. The fourth-order valence-electron chi connectivity index (χ4n) is 2.87. The van der Waals surface area contributed by atoms with Crippen molar-refractivity contribution in [3.05, 3.63) is 35.7 Å². The topological polar surface area (TPSA) is 131 Å². The predicted octanol–water partition coefficient (Wildman–Crippen LogP) is 1.64. The molecule has 4 N–H and O–H groups in total. The number of amides is 1. The number of hydrogen-bond acceptors (Lipinski definition) is 5. The molecule has 0 unspecified atom stereocenters. The fourth-order valence-corrected chi connectivity index (χ4v) is 2.87. The van der Waals surface area contributed by atoms with Crippen molar-refractivity contribution >= 4 is 16.8 Å². The molecule has 0 saturated heterocycles. The van der Waals surface area contributed by atoms with Gasteiger partial charge in [-0.25, -0.2) is 0 Å². The van der Waals surface area contributed by atoms with Crippen LogP contribution in [0.2, 0.25) is 0 Å². The van der Waals surface area contributed by atoms with Crippen molar-refractivity contribution in [3.8, 4) is 22.9 Å². The van der Waals surface area contributed by atoms with Gasteiger partial charge in [-0.05, 0) is 32.0 Å². The Kier molecular flexibility index (Phi) is 3.34. The molecule has 0 aliphatic carbocycles. The molecule has 0 radical (unpaired) electrons. The molecule has 0 bridgehead atoms. The maximum Gasteiger partial charge on any atom is 0.248 e. The Balaban J connectivity index is 1.86. The highest BCUT2D eigenvalue weighted by atomic mass is 16.1. The van der Waals surface area contributed by atoms with Gasteiger partial charge in [0.25, 0.3) is 0 Å². The molecule has 25 heavy (non-hydrogen) atoms. The fraction of sp³-hybridized carbons (Fsp3) is 0.188. The van der Waals surface area contributed by atoms with Gasteiger partial charge in [0.15, 0.2) is 11.6 Å². The summed E-state index contributed by atoms with van der Waals surface area (Å²) in [5.41, 5.74) is 8.97. The van der Waals surface area contributed by atoms with Crippen LogP contribution in [0, 0.1) is 6.92 Å². The number of nitrogens with zero attached hydrogens (tertiary/aromatic N) is 5. The number of primary amides is 1. The lowest BCUT2D eigenvalue weighted by Crippen LogP contribution is -2.11. The van der Waals surface area contributed by atoms with E-state index in [1.165, 1.54) is 0 Å². The summed E-state index contributed by atoms with van der Waals surface area (Å²) in [4.78, 5) is 14.8. The standard InChI is InChI=1S/C16H16N8O/c1-3-24-13(4-8(2)23-24)16-19-15(21-22-16)10-5-9(14(17)25)6-12-11(10)7-18-20-12/h4-7H,3H2,1-2H3,(H2,17,25)(H,18,20)(H,19,21,22). The summed E-state index contributed by atoms with van der Waals surface area (Å²) >= 11 is 0. The molecule has 9 heteroatoms. The maximum absolute atomic E-state index is 11.6. The van der Waals surface area contributed by atoms with Crippen LogP contribution in [-0.4, -0.2) is 41.1 Å². The first-order chi connectivity index (χ1) is 12.1. The first kappa shape index (κ1) is 15.1. The third-order valence-corrected chi connectivity index (χ3v) is 4.03. The summed E-state index contributed by atoms with van der Waals surface area (Å²) in [7, 11) is 0. The lowest BCUT2D eigenvalue weighted by Gasteiger charge is -2.03. The van der Waals surface area contributed by atoms with Crippen LogP contribution < -0.4 is 5.73 Å². The summed E-state index contributed by atoms with van der Waals surface area (Å²) in [6.45, 7) is 4.67. The number of nitrogens with one attached hydrogen (secondary N) is 2. The second-order valence-electron chi connectivity index (χ2n) is 5.73. The molecule has 9 nitrogen and oxygen atoms in total. The van der Waals surface area contributed by atoms with E-state index in [2.05, 4.69) is 30.5 Å². The molecule has 4 aromatic rings. The highest BCUT2D eigenvalue weighted by molar-refractivity contribution is 6.02. The van der Waals surface area contributed by atoms with Crippen molar-refractivity contribution < 1.29 is 4.79 Å². The molecule has 4 rings (SSSR count). The number of benzene rings is 1. The zero-order valence-corrected chi connectivity index (χ0v) is 13.7. The number of aromatic amines is 2. The van der Waals surface area contributed by atoms with Crippen molar-refractivity contribution in [3.63, 3.8) is 0 Å². The highest BCUT2D eigenvalue weighted by Crippen LogP contribution is 2.28. The molecule has 0 atom stereocenters. The summed E-state index contributed by atoms with van der Waals surface area (Å²) in [6, 6.07) is 5.30. The number of rotatable bonds is 4. The number of hydrogen-bond donors (Lipinski definition) is 3. The molecule has 126 valence electrons. The Bertz CT molecular complexity index is 1090. The van der Waals surface area contributed by atoms with Gasteiger partial charge < -0.3 is 10.7 Å². The van der Waals surface area contributed by atoms with Crippen LogP contribution in [0.1, 0.15) is 23.0 Å². The van der Waals surface area contributed by atoms with E-state index in [1.807, 2.05) is 24.6 Å². The molecule has 0 saturated carbocycles. The van der Waals surface area contributed by atoms with Gasteiger partial charge in [0.05, 0.1) is 17.4 Å². The van der Waals surface area contributed by atoms with Crippen LogP contribution in [0.3, 0.4) is 0 Å². The van der Waals surface area contributed by atoms with Gasteiger partial charge in [-0.3, -0.25) is 14.6 Å². The van der Waals surface area contributed by atoms with Gasteiger partial charge in [-0.2, -0.15) is 10.2 Å². The number of aryl methyl sites for hydroxylation is 2. The van der Waals surface area contributed by atoms with E-state index in [9.17, 15) is 4.79 Å². The Morgan fingerprint density at radius 1 is 1.24 bits per heavy atom. The molecular formula is C16H16N8O. The van der Waals surface area contributed by atoms with Gasteiger partial charge >= 0.3 is 0 Å². The zero-order chi connectivity index (χ0) is 17.6. The minimum absolute atomic E-state index is 0.374. The van der Waals surface area contributed by atoms with E-state index >= 15 is 0 Å². The van der Waals surface area contributed by atoms with Crippen LogP contribution in [0.4, 0.5) is 0 Å². The number of H-pyrrole nitrogens is 2. The van der Waals surface area contributed by atoms with E-state index < -0.39 is 5.91 Å². The normalized spacial score (nSPS) is 11.3. The first-order valence-corrected chi connectivity index (χ1v) is 7.81. The molecule has 3 heterocycles. The summed E-state index contributed by atoms with van der Waals surface area (Å²) in [5.74, 6) is 0.627. The van der Waals surface area contributed by atoms with Crippen molar-refractivity contribution in [2.24, 2.45) is 5.73 Å².